The van der Waals surface area contributed by atoms with Crippen molar-refractivity contribution in [2.45, 2.75) is 33.4 Å². The number of hydrogen-bond acceptors (Lipinski definition) is 5. The number of halogens is 1. The van der Waals surface area contributed by atoms with Gasteiger partial charge in [0, 0.05) is 13.0 Å². The Morgan fingerprint density at radius 2 is 2.05 bits per heavy atom. The van der Waals surface area contributed by atoms with Gasteiger partial charge < -0.3 is 14.5 Å². The van der Waals surface area contributed by atoms with Gasteiger partial charge in [-0.2, -0.15) is 0 Å². The van der Waals surface area contributed by atoms with E-state index in [0.717, 1.165) is 18.7 Å². The number of rotatable bonds is 7. The van der Waals surface area contributed by atoms with E-state index in [1.54, 1.807) is 0 Å². The number of aromatic nitrogens is 2. The number of nitrogens with zero attached hydrogens (tertiary/aromatic N) is 2. The first kappa shape index (κ1) is 14.8. The summed E-state index contributed by atoms with van der Waals surface area (Å²) in [4.78, 5) is 0. The van der Waals surface area contributed by atoms with E-state index in [9.17, 15) is 0 Å². The lowest BCUT2D eigenvalue weighted by Crippen LogP contribution is -2.11. The average molecular weight is 296 g/mol. The van der Waals surface area contributed by atoms with Crippen molar-refractivity contribution in [3.05, 3.63) is 40.6 Å². The van der Waals surface area contributed by atoms with E-state index in [1.807, 2.05) is 25.1 Å². The molecular weight excluding hydrogens is 278 g/mol. The number of hydrogen-bond donors (Lipinski definition) is 1. The maximum atomic E-state index is 6.19. The number of aryl methyl sites for hydroxylation is 1. The molecule has 6 heteroatoms. The predicted octanol–water partition coefficient (Wildman–Crippen LogP) is 2.97. The van der Waals surface area contributed by atoms with Crippen LogP contribution >= 0.6 is 11.6 Å². The molecule has 5 nitrogen and oxygen atoms in total. The summed E-state index contributed by atoms with van der Waals surface area (Å²) in [7, 11) is 0. The first-order valence-corrected chi connectivity index (χ1v) is 7.04. The molecule has 0 radical (unpaired) electrons. The highest BCUT2D eigenvalue weighted by molar-refractivity contribution is 6.32. The first-order valence-electron chi connectivity index (χ1n) is 6.66. The lowest BCUT2D eigenvalue weighted by atomic mass is 10.2. The summed E-state index contributed by atoms with van der Waals surface area (Å²) in [6.45, 7) is 5.96. The van der Waals surface area contributed by atoms with Crippen LogP contribution in [0.3, 0.4) is 0 Å². The highest BCUT2D eigenvalue weighted by Crippen LogP contribution is 2.26. The highest BCUT2D eigenvalue weighted by atomic mass is 35.5. The Morgan fingerprint density at radius 3 is 2.70 bits per heavy atom. The summed E-state index contributed by atoms with van der Waals surface area (Å²) in [6.07, 6.45) is 0.715. The van der Waals surface area contributed by atoms with Gasteiger partial charge in [-0.3, -0.25) is 0 Å². The van der Waals surface area contributed by atoms with Crippen LogP contribution in [-0.2, 0) is 19.6 Å². The summed E-state index contributed by atoms with van der Waals surface area (Å²) >= 11 is 6.19. The molecule has 2 rings (SSSR count). The van der Waals surface area contributed by atoms with Crippen molar-refractivity contribution in [1.29, 1.82) is 0 Å². The molecule has 1 heterocycles. The third kappa shape index (κ3) is 3.95. The van der Waals surface area contributed by atoms with E-state index in [-0.39, 0.29) is 6.61 Å². The van der Waals surface area contributed by atoms with Crippen LogP contribution in [0.4, 0.5) is 0 Å². The van der Waals surface area contributed by atoms with Gasteiger partial charge in [-0.25, -0.2) is 0 Å². The van der Waals surface area contributed by atoms with Gasteiger partial charge in [0.05, 0.1) is 5.02 Å². The van der Waals surface area contributed by atoms with E-state index in [4.69, 9.17) is 20.8 Å². The smallest absolute Gasteiger partial charge is 0.253 e. The van der Waals surface area contributed by atoms with Crippen molar-refractivity contribution in [3.8, 4) is 5.75 Å². The van der Waals surface area contributed by atoms with E-state index in [0.29, 0.717) is 29.0 Å². The molecule has 0 spiro atoms. The molecule has 0 aliphatic carbocycles. The minimum absolute atomic E-state index is 0.222. The van der Waals surface area contributed by atoms with Gasteiger partial charge in [0.1, 0.15) is 5.75 Å². The van der Waals surface area contributed by atoms with Gasteiger partial charge in [-0.05, 0) is 24.2 Å². The Kier molecular flexibility index (Phi) is 5.38. The van der Waals surface area contributed by atoms with Crippen molar-refractivity contribution >= 4 is 11.6 Å². The molecule has 0 saturated carbocycles. The molecule has 0 aliphatic rings. The molecule has 0 bridgehead atoms. The first-order chi connectivity index (χ1) is 9.72. The van der Waals surface area contributed by atoms with Crippen LogP contribution in [0.2, 0.25) is 5.02 Å². The quantitative estimate of drug-likeness (QED) is 0.851. The van der Waals surface area contributed by atoms with Crippen LogP contribution in [0.25, 0.3) is 0 Å². The molecule has 1 aromatic heterocycles. The van der Waals surface area contributed by atoms with Gasteiger partial charge >= 0.3 is 0 Å². The second-order valence-corrected chi connectivity index (χ2v) is 4.68. The van der Waals surface area contributed by atoms with Crippen molar-refractivity contribution < 1.29 is 9.15 Å². The second kappa shape index (κ2) is 7.26. The minimum Gasteiger partial charge on any atom is -0.482 e. The Labute approximate surface area is 123 Å². The van der Waals surface area contributed by atoms with Crippen molar-refractivity contribution in [3.63, 3.8) is 0 Å². The molecular formula is C14H18ClN3O2. The average Bonchev–Trinajstić information content (AvgIpc) is 2.92. The van der Waals surface area contributed by atoms with E-state index in [2.05, 4.69) is 22.4 Å². The fourth-order valence-electron chi connectivity index (χ4n) is 1.67. The summed E-state index contributed by atoms with van der Waals surface area (Å²) in [5, 5.41) is 11.6. The SMILES string of the molecule is CCNCc1ccc(OCc2nnc(CC)o2)c(Cl)c1. The summed E-state index contributed by atoms with van der Waals surface area (Å²) in [5.41, 5.74) is 1.12. The Hall–Kier alpha value is -1.59. The van der Waals surface area contributed by atoms with E-state index in [1.165, 1.54) is 0 Å². The molecule has 0 aliphatic heterocycles. The lowest BCUT2D eigenvalue weighted by molar-refractivity contribution is 0.259. The van der Waals surface area contributed by atoms with E-state index < -0.39 is 0 Å². The topological polar surface area (TPSA) is 60.2 Å². The number of nitrogens with one attached hydrogen (secondary N) is 1. The van der Waals surface area contributed by atoms with Crippen LogP contribution in [0.1, 0.15) is 31.2 Å². The van der Waals surface area contributed by atoms with Crippen LogP contribution in [0.15, 0.2) is 22.6 Å². The molecule has 0 fully saturated rings. The molecule has 1 N–H and O–H groups in total. The number of benzene rings is 1. The van der Waals surface area contributed by atoms with Crippen molar-refractivity contribution in [2.75, 3.05) is 6.54 Å². The molecule has 108 valence electrons. The number of ether oxygens (including phenoxy) is 1. The summed E-state index contributed by atoms with van der Waals surface area (Å²) in [5.74, 6) is 1.67. The molecule has 0 saturated heterocycles. The van der Waals surface area contributed by atoms with Crippen LogP contribution < -0.4 is 10.1 Å². The normalized spacial score (nSPS) is 10.8. The molecule has 0 atom stereocenters. The van der Waals surface area contributed by atoms with Crippen LogP contribution in [0, 0.1) is 0 Å². The van der Waals surface area contributed by atoms with Gasteiger partial charge in [-0.15, -0.1) is 10.2 Å². The second-order valence-electron chi connectivity index (χ2n) is 4.28. The maximum absolute atomic E-state index is 6.19. The monoisotopic (exact) mass is 295 g/mol. The third-order valence-electron chi connectivity index (χ3n) is 2.74. The lowest BCUT2D eigenvalue weighted by Gasteiger charge is -2.08. The zero-order valence-corrected chi connectivity index (χ0v) is 12.4. The maximum Gasteiger partial charge on any atom is 0.253 e. The fraction of sp³-hybridized carbons (Fsp3) is 0.429. The van der Waals surface area contributed by atoms with Crippen LogP contribution in [-0.4, -0.2) is 16.7 Å². The third-order valence-corrected chi connectivity index (χ3v) is 3.03. The molecule has 0 unspecified atom stereocenters. The molecule has 20 heavy (non-hydrogen) atoms. The molecule has 1 aromatic carbocycles. The van der Waals surface area contributed by atoms with Gasteiger partial charge in [0.25, 0.3) is 5.89 Å². The van der Waals surface area contributed by atoms with Gasteiger partial charge in [-0.1, -0.05) is 31.5 Å². The Morgan fingerprint density at radius 1 is 1.25 bits per heavy atom. The molecule has 2 aromatic rings. The summed E-state index contributed by atoms with van der Waals surface area (Å²) < 4.78 is 11.0. The Balaban J connectivity index is 1.95. The standard InChI is InChI=1S/C14H18ClN3O2/c1-3-13-17-18-14(20-13)9-19-12-6-5-10(7-11(12)15)8-16-4-2/h5-7,16H,3-4,8-9H2,1-2H3. The minimum atomic E-state index is 0.222. The zero-order chi connectivity index (χ0) is 14.4. The van der Waals surface area contributed by atoms with Crippen molar-refractivity contribution in [2.24, 2.45) is 0 Å². The summed E-state index contributed by atoms with van der Waals surface area (Å²) in [6, 6.07) is 5.73. The largest absolute Gasteiger partial charge is 0.482 e. The van der Waals surface area contributed by atoms with Gasteiger partial charge in [0.2, 0.25) is 5.89 Å². The predicted molar refractivity (Wildman–Crippen MR) is 76.8 cm³/mol. The van der Waals surface area contributed by atoms with Gasteiger partial charge in [0.15, 0.2) is 6.61 Å². The highest BCUT2D eigenvalue weighted by Gasteiger charge is 2.07. The van der Waals surface area contributed by atoms with E-state index >= 15 is 0 Å². The zero-order valence-electron chi connectivity index (χ0n) is 11.6. The van der Waals surface area contributed by atoms with Crippen molar-refractivity contribution in [1.82, 2.24) is 15.5 Å². The molecule has 0 amide bonds. The Bertz CT molecular complexity index is 557. The fourth-order valence-corrected chi connectivity index (χ4v) is 1.93. The van der Waals surface area contributed by atoms with Crippen LogP contribution in [0.5, 0.6) is 5.75 Å².